The second-order valence-electron chi connectivity index (χ2n) is 5.94. The summed E-state index contributed by atoms with van der Waals surface area (Å²) in [5.74, 6) is 1.18. The minimum absolute atomic E-state index is 0.353. The number of methoxy groups -OCH3 is 2. The topological polar surface area (TPSA) is 85.9 Å². The van der Waals surface area contributed by atoms with Gasteiger partial charge in [0.05, 0.1) is 19.9 Å². The molecule has 3 N–H and O–H groups in total. The average molecular weight is 407 g/mol. The van der Waals surface area contributed by atoms with Gasteiger partial charge in [0, 0.05) is 16.7 Å². The summed E-state index contributed by atoms with van der Waals surface area (Å²) in [6.45, 7) is 0. The fourth-order valence-corrected chi connectivity index (χ4v) is 3.60. The van der Waals surface area contributed by atoms with Crippen LogP contribution in [0.15, 0.2) is 65.8 Å². The first-order chi connectivity index (χ1) is 14.1. The maximum absolute atomic E-state index is 12.4. The highest BCUT2D eigenvalue weighted by Crippen LogP contribution is 2.33. The number of nitrogens with zero attached hydrogens (tertiary/aromatic N) is 1. The molecule has 6 nitrogen and oxygen atoms in total. The van der Waals surface area contributed by atoms with Crippen molar-refractivity contribution in [3.63, 3.8) is 0 Å². The molecule has 3 aromatic rings. The Morgan fingerprint density at radius 3 is 2.59 bits per heavy atom. The number of ether oxygens (including phenoxy) is 2. The normalized spacial score (nSPS) is 11.1. The van der Waals surface area contributed by atoms with E-state index in [-0.39, 0.29) is 5.91 Å². The molecule has 0 fully saturated rings. The summed E-state index contributed by atoms with van der Waals surface area (Å²) in [7, 11) is 3.24. The van der Waals surface area contributed by atoms with Gasteiger partial charge in [-0.15, -0.1) is 11.3 Å². The van der Waals surface area contributed by atoms with Crippen molar-refractivity contribution in [2.24, 2.45) is 5.10 Å². The zero-order valence-corrected chi connectivity index (χ0v) is 16.9. The van der Waals surface area contributed by atoms with Crippen molar-refractivity contribution in [1.82, 2.24) is 5.43 Å². The lowest BCUT2D eigenvalue weighted by molar-refractivity contribution is 0.0960. The van der Waals surface area contributed by atoms with Crippen LogP contribution in [0, 0.1) is 0 Å². The number of nitrogens with two attached hydrogens (primary N) is 1. The summed E-state index contributed by atoms with van der Waals surface area (Å²) in [6.07, 6.45) is 5.06. The molecule has 0 atom stereocenters. The Morgan fingerprint density at radius 1 is 1.10 bits per heavy atom. The number of allylic oxidation sites excluding steroid dienone is 1. The monoisotopic (exact) mass is 407 g/mol. The van der Waals surface area contributed by atoms with Crippen LogP contribution in [0.1, 0.15) is 15.2 Å². The Kier molecular flexibility index (Phi) is 6.65. The Labute approximate surface area is 173 Å². The van der Waals surface area contributed by atoms with Gasteiger partial charge in [-0.05, 0) is 54.1 Å². The van der Waals surface area contributed by atoms with Gasteiger partial charge >= 0.3 is 0 Å². The minimum atomic E-state index is -0.353. The predicted octanol–water partition coefficient (Wildman–Crippen LogP) is 4.44. The zero-order chi connectivity index (χ0) is 20.6. The Morgan fingerprint density at radius 2 is 1.86 bits per heavy atom. The highest BCUT2D eigenvalue weighted by molar-refractivity contribution is 7.18. The van der Waals surface area contributed by atoms with Crippen LogP contribution in [-0.4, -0.2) is 26.3 Å². The summed E-state index contributed by atoms with van der Waals surface area (Å²) in [4.78, 5) is 13.7. The molecule has 148 valence electrons. The first-order valence-electron chi connectivity index (χ1n) is 8.79. The molecule has 2 aromatic carbocycles. The van der Waals surface area contributed by atoms with E-state index in [1.807, 2.05) is 54.6 Å². The van der Waals surface area contributed by atoms with Crippen molar-refractivity contribution in [3.8, 4) is 21.9 Å². The first kappa shape index (κ1) is 20.2. The van der Waals surface area contributed by atoms with Crippen LogP contribution in [0.5, 0.6) is 11.5 Å². The number of amides is 1. The average Bonchev–Trinajstić information content (AvgIpc) is 3.15. The lowest BCUT2D eigenvalue weighted by Gasteiger charge is -2.02. The predicted molar refractivity (Wildman–Crippen MR) is 119 cm³/mol. The van der Waals surface area contributed by atoms with Crippen molar-refractivity contribution in [2.75, 3.05) is 20.0 Å². The number of thiophene rings is 1. The molecule has 0 radical (unpaired) electrons. The molecule has 0 saturated heterocycles. The quantitative estimate of drug-likeness (QED) is 0.448. The van der Waals surface area contributed by atoms with Crippen LogP contribution in [-0.2, 0) is 0 Å². The van der Waals surface area contributed by atoms with Gasteiger partial charge in [0.15, 0.2) is 0 Å². The van der Waals surface area contributed by atoms with Gasteiger partial charge in [0.1, 0.15) is 16.4 Å². The lowest BCUT2D eigenvalue weighted by Crippen LogP contribution is -2.17. The minimum Gasteiger partial charge on any atom is -0.497 e. The molecule has 0 aliphatic carbocycles. The number of hydrazone groups is 1. The van der Waals surface area contributed by atoms with E-state index in [9.17, 15) is 4.79 Å². The van der Waals surface area contributed by atoms with E-state index >= 15 is 0 Å². The van der Waals surface area contributed by atoms with E-state index in [1.165, 1.54) is 17.6 Å². The molecule has 0 unspecified atom stereocenters. The van der Waals surface area contributed by atoms with E-state index in [0.29, 0.717) is 10.6 Å². The number of hydrogen-bond acceptors (Lipinski definition) is 6. The van der Waals surface area contributed by atoms with Crippen LogP contribution in [0.4, 0.5) is 5.69 Å². The van der Waals surface area contributed by atoms with Gasteiger partial charge < -0.3 is 15.2 Å². The highest BCUT2D eigenvalue weighted by atomic mass is 32.1. The molecule has 0 aliphatic heterocycles. The molecule has 3 rings (SSSR count). The Hall–Kier alpha value is -3.58. The second-order valence-corrected chi connectivity index (χ2v) is 7.00. The SMILES string of the molecule is COc1ccc(-c2cc(N)c(C(=O)N/N=C\C=C\c3ccccc3OC)s2)cc1. The van der Waals surface area contributed by atoms with Crippen LogP contribution >= 0.6 is 11.3 Å². The summed E-state index contributed by atoms with van der Waals surface area (Å²) in [5, 5.41) is 3.95. The third kappa shape index (κ3) is 5.03. The van der Waals surface area contributed by atoms with Gasteiger partial charge in [-0.1, -0.05) is 18.2 Å². The number of nitrogens with one attached hydrogen (secondary N) is 1. The molecule has 29 heavy (non-hydrogen) atoms. The van der Waals surface area contributed by atoms with E-state index in [4.69, 9.17) is 15.2 Å². The van der Waals surface area contributed by atoms with Crippen LogP contribution in [0.3, 0.4) is 0 Å². The number of hydrogen-bond donors (Lipinski definition) is 2. The van der Waals surface area contributed by atoms with Crippen LogP contribution in [0.25, 0.3) is 16.5 Å². The standard InChI is InChI=1S/C22H21N3O3S/c1-27-17-11-9-16(10-12-17)20-14-18(23)21(29-20)22(26)25-24-13-5-7-15-6-3-4-8-19(15)28-2/h3-14H,23H2,1-2H3,(H,25,26)/b7-5+,24-13-. The summed E-state index contributed by atoms with van der Waals surface area (Å²) < 4.78 is 10.4. The molecule has 1 heterocycles. The summed E-state index contributed by atoms with van der Waals surface area (Å²) in [5.41, 5.74) is 10.8. The third-order valence-corrected chi connectivity index (χ3v) is 5.28. The van der Waals surface area contributed by atoms with Gasteiger partial charge in [-0.3, -0.25) is 4.79 Å². The van der Waals surface area contributed by atoms with Gasteiger partial charge in [-0.25, -0.2) is 5.43 Å². The van der Waals surface area contributed by atoms with E-state index in [1.54, 1.807) is 26.4 Å². The molecule has 1 amide bonds. The first-order valence-corrected chi connectivity index (χ1v) is 9.61. The van der Waals surface area contributed by atoms with E-state index in [0.717, 1.165) is 27.5 Å². The van der Waals surface area contributed by atoms with Crippen molar-refractivity contribution in [1.29, 1.82) is 0 Å². The molecule has 0 bridgehead atoms. The molecule has 1 aromatic heterocycles. The maximum atomic E-state index is 12.4. The van der Waals surface area contributed by atoms with Crippen molar-refractivity contribution >= 4 is 35.2 Å². The van der Waals surface area contributed by atoms with Gasteiger partial charge in [0.2, 0.25) is 0 Å². The largest absolute Gasteiger partial charge is 0.497 e. The Bertz CT molecular complexity index is 1040. The fourth-order valence-electron chi connectivity index (χ4n) is 2.62. The summed E-state index contributed by atoms with van der Waals surface area (Å²) >= 11 is 1.31. The number of para-hydroxylation sites is 1. The van der Waals surface area contributed by atoms with Crippen molar-refractivity contribution < 1.29 is 14.3 Å². The number of rotatable bonds is 7. The van der Waals surface area contributed by atoms with E-state index < -0.39 is 0 Å². The number of carbonyl (C=O) groups excluding carboxylic acids is 1. The van der Waals surface area contributed by atoms with E-state index in [2.05, 4.69) is 10.5 Å². The molecular formula is C22H21N3O3S. The lowest BCUT2D eigenvalue weighted by atomic mass is 10.2. The zero-order valence-electron chi connectivity index (χ0n) is 16.1. The molecule has 0 spiro atoms. The fraction of sp³-hybridized carbons (Fsp3) is 0.0909. The molecule has 0 aliphatic rings. The van der Waals surface area contributed by atoms with Crippen LogP contribution in [0.2, 0.25) is 0 Å². The molecule has 7 heteroatoms. The third-order valence-electron chi connectivity index (χ3n) is 4.08. The summed E-state index contributed by atoms with van der Waals surface area (Å²) in [6, 6.07) is 17.0. The van der Waals surface area contributed by atoms with Crippen molar-refractivity contribution in [3.05, 3.63) is 71.1 Å². The second kappa shape index (κ2) is 9.57. The molecule has 0 saturated carbocycles. The van der Waals surface area contributed by atoms with Gasteiger partial charge in [0.25, 0.3) is 5.91 Å². The number of nitrogen functional groups attached to an aromatic ring is 1. The number of carbonyl (C=O) groups is 1. The Balaban J connectivity index is 1.64. The smallest absolute Gasteiger partial charge is 0.283 e. The highest BCUT2D eigenvalue weighted by Gasteiger charge is 2.15. The number of anilines is 1. The molecular weight excluding hydrogens is 386 g/mol. The van der Waals surface area contributed by atoms with Gasteiger partial charge in [-0.2, -0.15) is 5.10 Å². The van der Waals surface area contributed by atoms with Crippen LogP contribution < -0.4 is 20.6 Å². The van der Waals surface area contributed by atoms with Crippen molar-refractivity contribution in [2.45, 2.75) is 0 Å². The number of benzene rings is 2. The maximum Gasteiger partial charge on any atom is 0.283 e.